The molecule has 0 aliphatic rings. The number of ether oxygens (including phenoxy) is 1. The van der Waals surface area contributed by atoms with E-state index in [4.69, 9.17) is 9.72 Å². The van der Waals surface area contributed by atoms with Crippen LogP contribution >= 0.6 is 23.5 Å². The van der Waals surface area contributed by atoms with Crippen LogP contribution in [0.25, 0.3) is 27.8 Å². The van der Waals surface area contributed by atoms with Gasteiger partial charge in [0, 0.05) is 24.2 Å². The first-order chi connectivity index (χ1) is 12.3. The van der Waals surface area contributed by atoms with Crippen molar-refractivity contribution in [2.45, 2.75) is 10.3 Å². The number of aromatic nitrogens is 5. The molecule has 0 saturated carbocycles. The molecule has 0 radical (unpaired) electrons. The summed E-state index contributed by atoms with van der Waals surface area (Å²) in [5.41, 5.74) is 3.63. The third-order valence-corrected chi connectivity index (χ3v) is 5.15. The van der Waals surface area contributed by atoms with Gasteiger partial charge in [-0.05, 0) is 30.7 Å². The minimum Gasteiger partial charge on any atom is -0.496 e. The van der Waals surface area contributed by atoms with Crippen LogP contribution in [0.3, 0.4) is 0 Å². The first-order valence-electron chi connectivity index (χ1n) is 7.52. The molecule has 4 aromatic heterocycles. The Morgan fingerprint density at radius 2 is 1.76 bits per heavy atom. The van der Waals surface area contributed by atoms with Crippen LogP contribution in [-0.2, 0) is 0 Å². The fourth-order valence-corrected chi connectivity index (χ4v) is 3.81. The van der Waals surface area contributed by atoms with Gasteiger partial charge in [0.25, 0.3) is 0 Å². The predicted molar refractivity (Wildman–Crippen MR) is 102 cm³/mol. The van der Waals surface area contributed by atoms with Gasteiger partial charge in [0.1, 0.15) is 5.75 Å². The van der Waals surface area contributed by atoms with Gasteiger partial charge in [0.2, 0.25) is 0 Å². The van der Waals surface area contributed by atoms with Crippen molar-refractivity contribution in [3.63, 3.8) is 0 Å². The molecule has 0 aliphatic carbocycles. The van der Waals surface area contributed by atoms with E-state index in [1.165, 1.54) is 11.8 Å². The van der Waals surface area contributed by atoms with E-state index < -0.39 is 0 Å². The minimum atomic E-state index is 0.729. The van der Waals surface area contributed by atoms with Crippen LogP contribution < -0.4 is 4.74 Å². The molecule has 0 fully saturated rings. The quantitative estimate of drug-likeness (QED) is 0.400. The Hall–Kier alpha value is -2.32. The maximum atomic E-state index is 5.62. The molecule has 0 aliphatic heterocycles. The van der Waals surface area contributed by atoms with Gasteiger partial charge in [0.05, 0.1) is 23.7 Å². The monoisotopic (exact) mass is 369 g/mol. The van der Waals surface area contributed by atoms with E-state index in [1.807, 2.05) is 36.9 Å². The molecule has 4 rings (SSSR count). The molecule has 0 saturated heterocycles. The number of hydrogen-bond acceptors (Lipinski definition) is 7. The highest BCUT2D eigenvalue weighted by molar-refractivity contribution is 7.98. The van der Waals surface area contributed by atoms with Crippen molar-refractivity contribution in [1.29, 1.82) is 0 Å². The summed E-state index contributed by atoms with van der Waals surface area (Å²) >= 11 is 3.09. The lowest BCUT2D eigenvalue weighted by Crippen LogP contribution is -1.94. The lowest BCUT2D eigenvalue weighted by molar-refractivity contribution is 0.419. The second-order valence-corrected chi connectivity index (χ2v) is 6.71. The zero-order valence-corrected chi connectivity index (χ0v) is 15.6. The van der Waals surface area contributed by atoms with Gasteiger partial charge in [0.15, 0.2) is 16.0 Å². The fourth-order valence-electron chi connectivity index (χ4n) is 2.92. The molecule has 4 heterocycles. The van der Waals surface area contributed by atoms with E-state index in [-0.39, 0.29) is 0 Å². The van der Waals surface area contributed by atoms with Gasteiger partial charge >= 0.3 is 0 Å². The van der Waals surface area contributed by atoms with E-state index in [1.54, 1.807) is 31.3 Å². The Morgan fingerprint density at radius 1 is 0.960 bits per heavy atom. The van der Waals surface area contributed by atoms with Gasteiger partial charge in [-0.25, -0.2) is 19.9 Å². The van der Waals surface area contributed by atoms with Gasteiger partial charge in [-0.3, -0.25) is 4.40 Å². The van der Waals surface area contributed by atoms with E-state index in [0.29, 0.717) is 0 Å². The summed E-state index contributed by atoms with van der Waals surface area (Å²) in [4.78, 5) is 18.1. The number of methoxy groups -OCH3 is 1. The highest BCUT2D eigenvalue weighted by Crippen LogP contribution is 2.40. The molecular formula is C17H15N5OS2. The Kier molecular flexibility index (Phi) is 4.22. The van der Waals surface area contributed by atoms with Crippen molar-refractivity contribution in [3.05, 3.63) is 36.8 Å². The standard InChI is InChI=1S/C17H15N5OS2/c1-23-12-6-9-18-15-14(12)13(10-4-7-19-16(21-10)24-2)11-5-8-20-17(25-3)22(11)15/h4-9H,1-3H3. The number of hydrogen-bond donors (Lipinski definition) is 0. The third kappa shape index (κ3) is 2.52. The summed E-state index contributed by atoms with van der Waals surface area (Å²) in [5, 5.41) is 2.53. The fraction of sp³-hybridized carbons (Fsp3) is 0.176. The average molecular weight is 369 g/mol. The summed E-state index contributed by atoms with van der Waals surface area (Å²) in [5.74, 6) is 0.764. The van der Waals surface area contributed by atoms with Gasteiger partial charge in [-0.1, -0.05) is 23.5 Å². The van der Waals surface area contributed by atoms with Crippen molar-refractivity contribution >= 4 is 40.1 Å². The van der Waals surface area contributed by atoms with Crippen LogP contribution in [0.5, 0.6) is 5.75 Å². The van der Waals surface area contributed by atoms with Crippen molar-refractivity contribution in [2.24, 2.45) is 0 Å². The molecule has 6 nitrogen and oxygen atoms in total. The topological polar surface area (TPSA) is 65.2 Å². The van der Waals surface area contributed by atoms with E-state index in [0.717, 1.165) is 43.9 Å². The largest absolute Gasteiger partial charge is 0.496 e. The predicted octanol–water partition coefficient (Wildman–Crippen LogP) is 3.79. The molecule has 0 N–H and O–H groups in total. The Bertz CT molecular complexity index is 1080. The van der Waals surface area contributed by atoms with Crippen LogP contribution in [0, 0.1) is 0 Å². The van der Waals surface area contributed by atoms with Crippen LogP contribution in [0.15, 0.2) is 47.1 Å². The first-order valence-corrected chi connectivity index (χ1v) is 9.97. The number of pyridine rings is 1. The SMILES string of the molecule is COc1ccnc2c1c(-c1ccnc(SC)n1)c1ccnc(SC)n12. The average Bonchev–Trinajstić information content (AvgIpc) is 3.02. The molecule has 8 heteroatoms. The van der Waals surface area contributed by atoms with Crippen molar-refractivity contribution in [2.75, 3.05) is 19.6 Å². The molecule has 0 amide bonds. The second kappa shape index (κ2) is 6.53. The van der Waals surface area contributed by atoms with E-state index >= 15 is 0 Å². The van der Waals surface area contributed by atoms with Gasteiger partial charge < -0.3 is 4.74 Å². The molecule has 126 valence electrons. The van der Waals surface area contributed by atoms with Crippen molar-refractivity contribution in [1.82, 2.24) is 24.3 Å². The van der Waals surface area contributed by atoms with Crippen LogP contribution in [0.1, 0.15) is 0 Å². The van der Waals surface area contributed by atoms with Gasteiger partial charge in [-0.15, -0.1) is 0 Å². The van der Waals surface area contributed by atoms with Crippen molar-refractivity contribution < 1.29 is 4.74 Å². The lowest BCUT2D eigenvalue weighted by atomic mass is 10.1. The normalized spacial score (nSPS) is 11.3. The lowest BCUT2D eigenvalue weighted by Gasteiger charge is -2.05. The summed E-state index contributed by atoms with van der Waals surface area (Å²) in [6.45, 7) is 0. The zero-order chi connectivity index (χ0) is 17.4. The Balaban J connectivity index is 2.21. The van der Waals surface area contributed by atoms with Crippen molar-refractivity contribution in [3.8, 4) is 17.0 Å². The number of nitrogens with zero attached hydrogens (tertiary/aromatic N) is 5. The zero-order valence-electron chi connectivity index (χ0n) is 13.9. The van der Waals surface area contributed by atoms with E-state index in [2.05, 4.69) is 19.4 Å². The molecule has 0 atom stereocenters. The summed E-state index contributed by atoms with van der Waals surface area (Å²) < 4.78 is 7.67. The smallest absolute Gasteiger partial charge is 0.187 e. The summed E-state index contributed by atoms with van der Waals surface area (Å²) in [6.07, 6.45) is 9.31. The highest BCUT2D eigenvalue weighted by atomic mass is 32.2. The molecule has 0 spiro atoms. The van der Waals surface area contributed by atoms with Crippen LogP contribution in [0.2, 0.25) is 0 Å². The minimum absolute atomic E-state index is 0.729. The molecule has 25 heavy (non-hydrogen) atoms. The number of rotatable bonds is 4. The highest BCUT2D eigenvalue weighted by Gasteiger charge is 2.21. The van der Waals surface area contributed by atoms with E-state index in [9.17, 15) is 0 Å². The van der Waals surface area contributed by atoms with Crippen LogP contribution in [0.4, 0.5) is 0 Å². The van der Waals surface area contributed by atoms with Crippen LogP contribution in [-0.4, -0.2) is 44.0 Å². The number of thioether (sulfide) groups is 2. The first kappa shape index (κ1) is 16.2. The molecular weight excluding hydrogens is 354 g/mol. The third-order valence-electron chi connectivity index (χ3n) is 3.93. The maximum Gasteiger partial charge on any atom is 0.187 e. The molecule has 0 bridgehead atoms. The summed E-state index contributed by atoms with van der Waals surface area (Å²) in [6, 6.07) is 5.77. The molecule has 0 aromatic carbocycles. The molecule has 4 aromatic rings. The second-order valence-electron chi connectivity index (χ2n) is 5.17. The summed E-state index contributed by atoms with van der Waals surface area (Å²) in [7, 11) is 1.67. The number of fused-ring (bicyclic) bond motifs is 3. The maximum absolute atomic E-state index is 5.62. The Morgan fingerprint density at radius 3 is 2.52 bits per heavy atom. The van der Waals surface area contributed by atoms with Gasteiger partial charge in [-0.2, -0.15) is 0 Å². The Labute approximate surface area is 153 Å². The molecule has 0 unspecified atom stereocenters.